The van der Waals surface area contributed by atoms with Crippen molar-refractivity contribution < 1.29 is 14.3 Å². The average Bonchev–Trinajstić information content (AvgIpc) is 2.59. The minimum Gasteiger partial charge on any atom is -0.376 e. The van der Waals surface area contributed by atoms with Crippen molar-refractivity contribution >= 4 is 11.8 Å². The molecule has 0 saturated carbocycles. The average molecular weight is 320 g/mol. The lowest BCUT2D eigenvalue weighted by molar-refractivity contribution is -0.123. The van der Waals surface area contributed by atoms with Crippen LogP contribution in [0.2, 0.25) is 0 Å². The van der Waals surface area contributed by atoms with Gasteiger partial charge in [0.2, 0.25) is 5.91 Å². The molecular formula is C16H24N4O3. The largest absolute Gasteiger partial charge is 0.376 e. The summed E-state index contributed by atoms with van der Waals surface area (Å²) >= 11 is 0. The number of hydrogen-bond donors (Lipinski definition) is 1. The van der Waals surface area contributed by atoms with E-state index in [1.165, 1.54) is 6.20 Å². The summed E-state index contributed by atoms with van der Waals surface area (Å²) in [5.74, 6) is -0.156. The summed E-state index contributed by atoms with van der Waals surface area (Å²) in [6.07, 6.45) is 5.76. The standard InChI is InChI=1S/C16H24N4O3/c1-12-9-18-10-13(19-12)15(22)20-8-4-6-16(11-20,23-3)7-5-14(21)17-2/h9-10H,4-8,11H2,1-3H3,(H,17,21). The van der Waals surface area contributed by atoms with Crippen molar-refractivity contribution in [3.05, 3.63) is 23.8 Å². The van der Waals surface area contributed by atoms with Gasteiger partial charge in [-0.25, -0.2) is 4.98 Å². The van der Waals surface area contributed by atoms with E-state index in [4.69, 9.17) is 4.74 Å². The Labute approximate surface area is 136 Å². The molecular weight excluding hydrogens is 296 g/mol. The lowest BCUT2D eigenvalue weighted by atomic mass is 9.87. The van der Waals surface area contributed by atoms with Crippen molar-refractivity contribution in [2.75, 3.05) is 27.2 Å². The van der Waals surface area contributed by atoms with Crippen LogP contribution in [0.3, 0.4) is 0 Å². The first kappa shape index (κ1) is 17.3. The first-order chi connectivity index (χ1) is 11.0. The SMILES string of the molecule is CNC(=O)CCC1(OC)CCCN(C(=O)c2cncc(C)n2)C1. The fourth-order valence-corrected chi connectivity index (χ4v) is 2.94. The molecule has 1 aliphatic heterocycles. The number of nitrogens with zero attached hydrogens (tertiary/aromatic N) is 3. The number of likely N-dealkylation sites (tertiary alicyclic amines) is 1. The van der Waals surface area contributed by atoms with E-state index in [2.05, 4.69) is 15.3 Å². The number of carbonyl (C=O) groups excluding carboxylic acids is 2. The smallest absolute Gasteiger partial charge is 0.274 e. The number of aromatic nitrogens is 2. The number of piperidine rings is 1. The molecule has 2 heterocycles. The van der Waals surface area contributed by atoms with Gasteiger partial charge in [-0.15, -0.1) is 0 Å². The molecule has 2 rings (SSSR count). The van der Waals surface area contributed by atoms with Crippen molar-refractivity contribution in [1.82, 2.24) is 20.2 Å². The van der Waals surface area contributed by atoms with Crippen LogP contribution in [0.25, 0.3) is 0 Å². The molecule has 23 heavy (non-hydrogen) atoms. The predicted molar refractivity (Wildman–Crippen MR) is 84.9 cm³/mol. The second kappa shape index (κ2) is 7.50. The second-order valence-corrected chi connectivity index (χ2v) is 5.94. The topological polar surface area (TPSA) is 84.4 Å². The van der Waals surface area contributed by atoms with Crippen LogP contribution in [0, 0.1) is 6.92 Å². The molecule has 1 aliphatic rings. The highest BCUT2D eigenvalue weighted by Crippen LogP contribution is 2.29. The third-order valence-electron chi connectivity index (χ3n) is 4.32. The van der Waals surface area contributed by atoms with Gasteiger partial charge in [-0.1, -0.05) is 0 Å². The van der Waals surface area contributed by atoms with E-state index < -0.39 is 5.60 Å². The highest BCUT2D eigenvalue weighted by molar-refractivity contribution is 5.92. The molecule has 1 fully saturated rings. The summed E-state index contributed by atoms with van der Waals surface area (Å²) in [5, 5.41) is 2.62. The van der Waals surface area contributed by atoms with Gasteiger partial charge in [0.25, 0.3) is 5.91 Å². The van der Waals surface area contributed by atoms with E-state index in [0.717, 1.165) is 12.8 Å². The molecule has 1 atom stereocenters. The first-order valence-electron chi connectivity index (χ1n) is 7.83. The molecule has 0 aromatic carbocycles. The zero-order valence-electron chi connectivity index (χ0n) is 14.0. The fraction of sp³-hybridized carbons (Fsp3) is 0.625. The maximum atomic E-state index is 12.6. The molecule has 1 N–H and O–H groups in total. The molecule has 1 aromatic rings. The zero-order chi connectivity index (χ0) is 16.9. The highest BCUT2D eigenvalue weighted by atomic mass is 16.5. The molecule has 0 spiro atoms. The normalized spacial score (nSPS) is 21.1. The summed E-state index contributed by atoms with van der Waals surface area (Å²) in [7, 11) is 3.26. The van der Waals surface area contributed by atoms with Crippen LogP contribution < -0.4 is 5.32 Å². The third-order valence-corrected chi connectivity index (χ3v) is 4.32. The maximum absolute atomic E-state index is 12.6. The molecule has 0 radical (unpaired) electrons. The molecule has 7 nitrogen and oxygen atoms in total. The molecule has 2 amide bonds. The Balaban J connectivity index is 2.09. The minimum absolute atomic E-state index is 0.0191. The molecule has 0 bridgehead atoms. The van der Waals surface area contributed by atoms with Crippen LogP contribution in [0.1, 0.15) is 41.9 Å². The van der Waals surface area contributed by atoms with Gasteiger partial charge in [0, 0.05) is 33.3 Å². The van der Waals surface area contributed by atoms with E-state index in [9.17, 15) is 9.59 Å². The van der Waals surface area contributed by atoms with Crippen molar-refractivity contribution in [2.24, 2.45) is 0 Å². The monoisotopic (exact) mass is 320 g/mol. The Morgan fingerprint density at radius 3 is 2.87 bits per heavy atom. The van der Waals surface area contributed by atoms with Gasteiger partial charge in [0.15, 0.2) is 0 Å². The number of ether oxygens (including phenoxy) is 1. The van der Waals surface area contributed by atoms with Crippen LogP contribution in [0.4, 0.5) is 0 Å². The van der Waals surface area contributed by atoms with E-state index >= 15 is 0 Å². The third kappa shape index (κ3) is 4.25. The quantitative estimate of drug-likeness (QED) is 0.872. The van der Waals surface area contributed by atoms with Crippen LogP contribution in [0.15, 0.2) is 12.4 Å². The lowest BCUT2D eigenvalue weighted by Crippen LogP contribution is -2.52. The summed E-state index contributed by atoms with van der Waals surface area (Å²) < 4.78 is 5.70. The van der Waals surface area contributed by atoms with Gasteiger partial charge in [0.05, 0.1) is 24.0 Å². The zero-order valence-corrected chi connectivity index (χ0v) is 14.0. The first-order valence-corrected chi connectivity index (χ1v) is 7.83. The number of amides is 2. The molecule has 7 heteroatoms. The maximum Gasteiger partial charge on any atom is 0.274 e. The van der Waals surface area contributed by atoms with E-state index in [-0.39, 0.29) is 11.8 Å². The molecule has 126 valence electrons. The van der Waals surface area contributed by atoms with Gasteiger partial charge >= 0.3 is 0 Å². The number of methoxy groups -OCH3 is 1. The molecule has 0 aliphatic carbocycles. The Hall–Kier alpha value is -2.02. The number of nitrogens with one attached hydrogen (secondary N) is 1. The van der Waals surface area contributed by atoms with E-state index in [1.807, 2.05) is 6.92 Å². The molecule has 1 unspecified atom stereocenters. The molecule has 1 saturated heterocycles. The van der Waals surface area contributed by atoms with Crippen molar-refractivity contribution in [3.8, 4) is 0 Å². The van der Waals surface area contributed by atoms with Gasteiger partial charge in [-0.05, 0) is 26.2 Å². The summed E-state index contributed by atoms with van der Waals surface area (Å²) in [4.78, 5) is 34.2. The number of carbonyl (C=O) groups is 2. The van der Waals surface area contributed by atoms with Gasteiger partial charge < -0.3 is 15.0 Å². The van der Waals surface area contributed by atoms with Crippen LogP contribution in [0.5, 0.6) is 0 Å². The van der Waals surface area contributed by atoms with Crippen LogP contribution in [-0.2, 0) is 9.53 Å². The summed E-state index contributed by atoms with van der Waals surface area (Å²) in [6, 6.07) is 0. The predicted octanol–water partition coefficient (Wildman–Crippen LogP) is 0.932. The van der Waals surface area contributed by atoms with Crippen molar-refractivity contribution in [3.63, 3.8) is 0 Å². The number of aryl methyl sites for hydroxylation is 1. The fourth-order valence-electron chi connectivity index (χ4n) is 2.94. The van der Waals surface area contributed by atoms with E-state index in [1.54, 1.807) is 25.3 Å². The highest BCUT2D eigenvalue weighted by Gasteiger charge is 2.38. The Kier molecular flexibility index (Phi) is 5.65. The van der Waals surface area contributed by atoms with Crippen molar-refractivity contribution in [2.45, 2.75) is 38.2 Å². The second-order valence-electron chi connectivity index (χ2n) is 5.94. The van der Waals surface area contributed by atoms with Gasteiger partial charge in [-0.2, -0.15) is 0 Å². The minimum atomic E-state index is -0.475. The summed E-state index contributed by atoms with van der Waals surface area (Å²) in [6.45, 7) is 2.94. The Morgan fingerprint density at radius 2 is 2.22 bits per heavy atom. The van der Waals surface area contributed by atoms with Gasteiger partial charge in [0.1, 0.15) is 5.69 Å². The number of rotatable bonds is 5. The van der Waals surface area contributed by atoms with Gasteiger partial charge in [-0.3, -0.25) is 14.6 Å². The Morgan fingerprint density at radius 1 is 1.43 bits per heavy atom. The summed E-state index contributed by atoms with van der Waals surface area (Å²) in [5.41, 5.74) is 0.589. The number of hydrogen-bond acceptors (Lipinski definition) is 5. The molecule has 1 aromatic heterocycles. The van der Waals surface area contributed by atoms with E-state index in [0.29, 0.717) is 37.3 Å². The lowest BCUT2D eigenvalue weighted by Gasteiger charge is -2.41. The van der Waals surface area contributed by atoms with Crippen LogP contribution >= 0.6 is 0 Å². The van der Waals surface area contributed by atoms with Crippen LogP contribution in [-0.4, -0.2) is 59.5 Å². The van der Waals surface area contributed by atoms with Crippen molar-refractivity contribution in [1.29, 1.82) is 0 Å². The Bertz CT molecular complexity index is 578.